The van der Waals surface area contributed by atoms with Crippen molar-refractivity contribution in [2.24, 2.45) is 0 Å². The molecular weight excluding hydrogens is 338 g/mol. The summed E-state index contributed by atoms with van der Waals surface area (Å²) in [5, 5.41) is 24.7. The van der Waals surface area contributed by atoms with Crippen molar-refractivity contribution >= 4 is 11.6 Å². The predicted molar refractivity (Wildman–Crippen MR) is 92.5 cm³/mol. The Hall–Kier alpha value is -3.43. The third-order valence-electron chi connectivity index (χ3n) is 3.69. The van der Waals surface area contributed by atoms with Crippen LogP contribution in [-0.4, -0.2) is 20.4 Å². The fraction of sp³-hybridized carbons (Fsp3) is 0. The highest BCUT2D eigenvalue weighted by Gasteiger charge is 2.17. The summed E-state index contributed by atoms with van der Waals surface area (Å²) in [4.78, 5) is 0. The van der Waals surface area contributed by atoms with Gasteiger partial charge in [0.15, 0.2) is 0 Å². The van der Waals surface area contributed by atoms with Gasteiger partial charge in [0.05, 0.1) is 17.8 Å². The first-order chi connectivity index (χ1) is 12.2. The molecule has 0 radical (unpaired) electrons. The average Bonchev–Trinajstić information content (AvgIpc) is 3.31. The van der Waals surface area contributed by atoms with Crippen molar-refractivity contribution in [2.75, 3.05) is 0 Å². The minimum absolute atomic E-state index is 0.335. The Balaban J connectivity index is 1.70. The van der Waals surface area contributed by atoms with Gasteiger partial charge in [0.2, 0.25) is 5.89 Å². The molecule has 1 N–H and O–H groups in total. The topological polar surface area (TPSA) is 91.4 Å². The number of H-pyrrole nitrogens is 1. The van der Waals surface area contributed by atoms with Gasteiger partial charge in [-0.15, -0.1) is 10.2 Å². The Morgan fingerprint density at radius 3 is 2.32 bits per heavy atom. The fourth-order valence-corrected chi connectivity index (χ4v) is 2.55. The zero-order valence-electron chi connectivity index (χ0n) is 12.8. The van der Waals surface area contributed by atoms with Gasteiger partial charge in [0.1, 0.15) is 5.69 Å². The highest BCUT2D eigenvalue weighted by molar-refractivity contribution is 6.30. The first kappa shape index (κ1) is 15.1. The summed E-state index contributed by atoms with van der Waals surface area (Å²) in [5.41, 5.74) is 3.72. The second-order valence-electron chi connectivity index (χ2n) is 5.27. The van der Waals surface area contributed by atoms with Crippen LogP contribution in [0.4, 0.5) is 0 Å². The zero-order chi connectivity index (χ0) is 17.2. The highest BCUT2D eigenvalue weighted by Crippen LogP contribution is 2.31. The van der Waals surface area contributed by atoms with Crippen LogP contribution >= 0.6 is 11.6 Å². The Morgan fingerprint density at radius 2 is 1.60 bits per heavy atom. The number of aromatic nitrogens is 4. The van der Waals surface area contributed by atoms with E-state index >= 15 is 0 Å². The van der Waals surface area contributed by atoms with E-state index in [1.165, 1.54) is 0 Å². The Morgan fingerprint density at radius 1 is 0.920 bits per heavy atom. The number of rotatable bonds is 3. The number of aromatic amines is 1. The Kier molecular flexibility index (Phi) is 3.77. The smallest absolute Gasteiger partial charge is 0.266 e. The number of hydrogen-bond acceptors (Lipinski definition) is 5. The van der Waals surface area contributed by atoms with Gasteiger partial charge in [-0.25, -0.2) is 0 Å². The molecule has 0 aliphatic carbocycles. The fourth-order valence-electron chi connectivity index (χ4n) is 2.43. The maximum absolute atomic E-state index is 8.86. The molecule has 0 unspecified atom stereocenters. The normalized spacial score (nSPS) is 10.6. The zero-order valence-corrected chi connectivity index (χ0v) is 13.5. The number of nitriles is 1. The molecule has 25 heavy (non-hydrogen) atoms. The Labute approximate surface area is 147 Å². The molecule has 2 aromatic carbocycles. The van der Waals surface area contributed by atoms with Gasteiger partial charge in [-0.2, -0.15) is 10.4 Å². The molecule has 0 saturated carbocycles. The predicted octanol–water partition coefficient (Wildman–Crippen LogP) is 4.32. The molecule has 2 heterocycles. The van der Waals surface area contributed by atoms with Crippen LogP contribution in [-0.2, 0) is 0 Å². The average molecular weight is 348 g/mol. The molecule has 6 nitrogen and oxygen atoms in total. The van der Waals surface area contributed by atoms with Crippen molar-refractivity contribution in [3.05, 3.63) is 65.3 Å². The lowest BCUT2D eigenvalue weighted by Gasteiger charge is -2.00. The summed E-state index contributed by atoms with van der Waals surface area (Å²) in [6.07, 6.45) is 1.70. The van der Waals surface area contributed by atoms with E-state index in [1.807, 2.05) is 24.3 Å². The lowest BCUT2D eigenvalue weighted by Crippen LogP contribution is -1.83. The molecule has 0 fully saturated rings. The monoisotopic (exact) mass is 347 g/mol. The number of benzene rings is 2. The van der Waals surface area contributed by atoms with Gasteiger partial charge < -0.3 is 4.42 Å². The maximum Gasteiger partial charge on any atom is 0.266 e. The van der Waals surface area contributed by atoms with E-state index < -0.39 is 0 Å². The minimum atomic E-state index is 0.335. The van der Waals surface area contributed by atoms with Gasteiger partial charge in [0.25, 0.3) is 5.89 Å². The molecule has 0 aliphatic heterocycles. The number of hydrogen-bond donors (Lipinski definition) is 1. The van der Waals surface area contributed by atoms with Gasteiger partial charge in [-0.1, -0.05) is 23.7 Å². The van der Waals surface area contributed by atoms with Gasteiger partial charge in [0, 0.05) is 16.1 Å². The van der Waals surface area contributed by atoms with Crippen molar-refractivity contribution in [3.63, 3.8) is 0 Å². The maximum atomic E-state index is 8.86. The number of halogens is 1. The van der Waals surface area contributed by atoms with Crippen LogP contribution < -0.4 is 0 Å². The van der Waals surface area contributed by atoms with Gasteiger partial charge in [-0.05, 0) is 42.0 Å². The SMILES string of the molecule is N#Cc1ccc(-c2nnc(-c3[nH]ncc3-c3ccc(Cl)cc3)o2)cc1. The summed E-state index contributed by atoms with van der Waals surface area (Å²) in [5.74, 6) is 0.706. The van der Waals surface area contributed by atoms with Crippen LogP contribution in [0.5, 0.6) is 0 Å². The van der Waals surface area contributed by atoms with Crippen molar-refractivity contribution in [1.29, 1.82) is 5.26 Å². The lowest BCUT2D eigenvalue weighted by atomic mass is 10.1. The van der Waals surface area contributed by atoms with Gasteiger partial charge in [-0.3, -0.25) is 5.10 Å². The van der Waals surface area contributed by atoms with E-state index in [0.717, 1.165) is 16.7 Å². The Bertz CT molecular complexity index is 1060. The van der Waals surface area contributed by atoms with E-state index in [1.54, 1.807) is 30.5 Å². The van der Waals surface area contributed by atoms with E-state index in [4.69, 9.17) is 21.3 Å². The first-order valence-corrected chi connectivity index (χ1v) is 7.76. The number of nitrogens with one attached hydrogen (secondary N) is 1. The number of nitrogens with zero attached hydrogens (tertiary/aromatic N) is 4. The molecule has 0 atom stereocenters. The van der Waals surface area contributed by atoms with Crippen LogP contribution in [0, 0.1) is 11.3 Å². The van der Waals surface area contributed by atoms with Crippen LogP contribution in [0.3, 0.4) is 0 Å². The molecule has 4 rings (SSSR count). The third-order valence-corrected chi connectivity index (χ3v) is 3.95. The minimum Gasteiger partial charge on any atom is -0.415 e. The molecule has 120 valence electrons. The molecule has 0 spiro atoms. The van der Waals surface area contributed by atoms with Crippen LogP contribution in [0.15, 0.2) is 59.1 Å². The first-order valence-electron chi connectivity index (χ1n) is 7.38. The summed E-state index contributed by atoms with van der Waals surface area (Å²) >= 11 is 5.94. The second kappa shape index (κ2) is 6.23. The standard InChI is InChI=1S/C18H10ClN5O/c19-14-7-5-12(6-8-14)15-10-21-22-16(15)18-24-23-17(25-18)13-3-1-11(9-20)2-4-13/h1-8,10H,(H,21,22). The van der Waals surface area contributed by atoms with E-state index in [0.29, 0.717) is 28.1 Å². The summed E-state index contributed by atoms with van der Waals surface area (Å²) < 4.78 is 5.77. The van der Waals surface area contributed by atoms with Crippen molar-refractivity contribution < 1.29 is 4.42 Å². The molecule has 0 aliphatic rings. The van der Waals surface area contributed by atoms with Crippen LogP contribution in [0.25, 0.3) is 34.2 Å². The van der Waals surface area contributed by atoms with Crippen molar-refractivity contribution in [2.45, 2.75) is 0 Å². The van der Waals surface area contributed by atoms with E-state index in [9.17, 15) is 0 Å². The summed E-state index contributed by atoms with van der Waals surface area (Å²) in [6.45, 7) is 0. The molecule has 0 bridgehead atoms. The summed E-state index contributed by atoms with van der Waals surface area (Å²) in [7, 11) is 0. The molecule has 0 amide bonds. The molecule has 7 heteroatoms. The molecular formula is C18H10ClN5O. The third kappa shape index (κ3) is 2.89. The quantitative estimate of drug-likeness (QED) is 0.596. The highest BCUT2D eigenvalue weighted by atomic mass is 35.5. The summed E-state index contributed by atoms with van der Waals surface area (Å²) in [6, 6.07) is 16.4. The van der Waals surface area contributed by atoms with Crippen LogP contribution in [0.1, 0.15) is 5.56 Å². The molecule has 0 saturated heterocycles. The van der Waals surface area contributed by atoms with Crippen LogP contribution in [0.2, 0.25) is 5.02 Å². The lowest BCUT2D eigenvalue weighted by molar-refractivity contribution is 0.582. The largest absolute Gasteiger partial charge is 0.415 e. The van der Waals surface area contributed by atoms with E-state index in [-0.39, 0.29) is 0 Å². The van der Waals surface area contributed by atoms with Crippen molar-refractivity contribution in [1.82, 2.24) is 20.4 Å². The van der Waals surface area contributed by atoms with E-state index in [2.05, 4.69) is 26.5 Å². The molecule has 2 aromatic heterocycles. The molecule has 4 aromatic rings. The van der Waals surface area contributed by atoms with Gasteiger partial charge >= 0.3 is 0 Å². The van der Waals surface area contributed by atoms with Crippen molar-refractivity contribution in [3.8, 4) is 40.2 Å². The second-order valence-corrected chi connectivity index (χ2v) is 5.70.